The van der Waals surface area contributed by atoms with Crippen molar-refractivity contribution in [3.05, 3.63) is 35.6 Å². The third-order valence-electron chi connectivity index (χ3n) is 1.94. The summed E-state index contributed by atoms with van der Waals surface area (Å²) in [4.78, 5) is 22.2. The van der Waals surface area contributed by atoms with Crippen LogP contribution in [0.15, 0.2) is 24.3 Å². The van der Waals surface area contributed by atoms with Gasteiger partial charge in [0.25, 0.3) is 0 Å². The van der Waals surface area contributed by atoms with Gasteiger partial charge in [0.1, 0.15) is 5.82 Å². The van der Waals surface area contributed by atoms with E-state index in [-0.39, 0.29) is 5.56 Å². The number of carboxylic acid groups (broad SMARTS) is 1. The van der Waals surface area contributed by atoms with Crippen LogP contribution in [-0.4, -0.2) is 29.9 Å². The molecule has 0 aromatic heterocycles. The van der Waals surface area contributed by atoms with Crippen LogP contribution in [0.4, 0.5) is 4.39 Å². The third kappa shape index (κ3) is 2.38. The summed E-state index contributed by atoms with van der Waals surface area (Å²) in [6.07, 6.45) is 0. The zero-order valence-electron chi connectivity index (χ0n) is 8.03. The Balaban J connectivity index is 3.03. The summed E-state index contributed by atoms with van der Waals surface area (Å²) in [6, 6.07) is 3.86. The topological polar surface area (TPSA) is 66.4 Å². The van der Waals surface area contributed by atoms with E-state index < -0.39 is 23.6 Å². The zero-order chi connectivity index (χ0) is 11.4. The van der Waals surface area contributed by atoms with E-state index in [0.29, 0.717) is 0 Å². The molecule has 1 atom stereocenters. The Hall–Kier alpha value is -1.75. The Morgan fingerprint density at radius 2 is 2.00 bits per heavy atom. The first kappa shape index (κ1) is 11.3. The van der Waals surface area contributed by atoms with E-state index in [1.807, 2.05) is 0 Å². The predicted octanol–water partition coefficient (Wildman–Crippen LogP) is 0.681. The third-order valence-corrected chi connectivity index (χ3v) is 1.94. The lowest BCUT2D eigenvalue weighted by atomic mass is 10.0. The molecule has 0 saturated heterocycles. The summed E-state index contributed by atoms with van der Waals surface area (Å²) in [5.74, 6) is -2.84. The molecule has 15 heavy (non-hydrogen) atoms. The van der Waals surface area contributed by atoms with E-state index in [9.17, 15) is 14.0 Å². The lowest BCUT2D eigenvalue weighted by Crippen LogP contribution is -2.41. The molecule has 5 heteroatoms. The van der Waals surface area contributed by atoms with Gasteiger partial charge in [0, 0.05) is 0 Å². The molecule has 0 radical (unpaired) electrons. The van der Waals surface area contributed by atoms with Gasteiger partial charge in [-0.3, -0.25) is 9.59 Å². The second kappa shape index (κ2) is 4.65. The number of carboxylic acids is 1. The Kier molecular flexibility index (Phi) is 3.51. The molecular formula is C10H10FNO3. The van der Waals surface area contributed by atoms with Crippen LogP contribution in [0.3, 0.4) is 0 Å². The van der Waals surface area contributed by atoms with E-state index in [1.165, 1.54) is 25.2 Å². The number of hydrogen-bond acceptors (Lipinski definition) is 3. The number of halogens is 1. The number of nitrogens with one attached hydrogen (secondary N) is 1. The van der Waals surface area contributed by atoms with Crippen molar-refractivity contribution in [2.24, 2.45) is 0 Å². The van der Waals surface area contributed by atoms with E-state index in [4.69, 9.17) is 5.11 Å². The van der Waals surface area contributed by atoms with Gasteiger partial charge in [0.15, 0.2) is 11.8 Å². The Labute approximate surface area is 85.7 Å². The van der Waals surface area contributed by atoms with Crippen LogP contribution in [0.5, 0.6) is 0 Å². The summed E-state index contributed by atoms with van der Waals surface area (Å²) in [5, 5.41) is 11.0. The fraction of sp³-hybridized carbons (Fsp3) is 0.200. The lowest BCUT2D eigenvalue weighted by Gasteiger charge is -2.10. The van der Waals surface area contributed by atoms with Crippen LogP contribution in [0, 0.1) is 5.82 Å². The van der Waals surface area contributed by atoms with Crippen molar-refractivity contribution < 1.29 is 19.1 Å². The summed E-state index contributed by atoms with van der Waals surface area (Å²) < 4.78 is 13.2. The largest absolute Gasteiger partial charge is 0.480 e. The first-order valence-electron chi connectivity index (χ1n) is 4.26. The molecule has 1 rings (SSSR count). The maximum absolute atomic E-state index is 13.2. The first-order chi connectivity index (χ1) is 7.07. The van der Waals surface area contributed by atoms with Crippen molar-refractivity contribution in [3.8, 4) is 0 Å². The van der Waals surface area contributed by atoms with Crippen LogP contribution in [0.1, 0.15) is 10.4 Å². The van der Waals surface area contributed by atoms with Crippen molar-refractivity contribution in [2.45, 2.75) is 6.04 Å². The quantitative estimate of drug-likeness (QED) is 0.567. The second-order valence-corrected chi connectivity index (χ2v) is 2.90. The number of likely N-dealkylation sites (N-methyl/N-ethyl adjacent to an activating group) is 1. The smallest absolute Gasteiger partial charge is 0.328 e. The van der Waals surface area contributed by atoms with Crippen LogP contribution in [-0.2, 0) is 4.79 Å². The highest BCUT2D eigenvalue weighted by Gasteiger charge is 2.26. The fourth-order valence-corrected chi connectivity index (χ4v) is 1.18. The van der Waals surface area contributed by atoms with Gasteiger partial charge >= 0.3 is 5.97 Å². The molecule has 0 fully saturated rings. The summed E-state index contributed by atoms with van der Waals surface area (Å²) >= 11 is 0. The number of hydrogen-bond donors (Lipinski definition) is 2. The Morgan fingerprint density at radius 1 is 1.40 bits per heavy atom. The van der Waals surface area contributed by atoms with Crippen molar-refractivity contribution in [1.82, 2.24) is 5.32 Å². The van der Waals surface area contributed by atoms with Gasteiger partial charge in [-0.2, -0.15) is 0 Å². The molecule has 0 bridgehead atoms. The second-order valence-electron chi connectivity index (χ2n) is 2.90. The number of Topliss-reactive ketones (excluding diaryl/α,β-unsaturated/α-hetero) is 1. The number of ketones is 1. The van der Waals surface area contributed by atoms with Crippen LogP contribution >= 0.6 is 0 Å². The van der Waals surface area contributed by atoms with E-state index in [1.54, 1.807) is 0 Å². The number of rotatable bonds is 4. The normalized spacial score (nSPS) is 12.1. The highest BCUT2D eigenvalue weighted by molar-refractivity contribution is 6.11. The van der Waals surface area contributed by atoms with Crippen LogP contribution < -0.4 is 5.32 Å². The average Bonchev–Trinajstić information content (AvgIpc) is 2.18. The lowest BCUT2D eigenvalue weighted by molar-refractivity contribution is -0.137. The molecule has 2 N–H and O–H groups in total. The van der Waals surface area contributed by atoms with E-state index in [0.717, 1.165) is 6.07 Å². The summed E-state index contributed by atoms with van der Waals surface area (Å²) in [6.45, 7) is 0. The molecule has 0 amide bonds. The number of carbonyl (C=O) groups excluding carboxylic acids is 1. The van der Waals surface area contributed by atoms with Crippen molar-refractivity contribution in [2.75, 3.05) is 7.05 Å². The average molecular weight is 211 g/mol. The maximum atomic E-state index is 13.2. The summed E-state index contributed by atoms with van der Waals surface area (Å²) in [5.41, 5.74) is -0.223. The minimum absolute atomic E-state index is 0.223. The predicted molar refractivity (Wildman–Crippen MR) is 51.2 cm³/mol. The number of aliphatic carboxylic acids is 1. The molecular weight excluding hydrogens is 201 g/mol. The molecule has 1 aromatic rings. The minimum Gasteiger partial charge on any atom is -0.480 e. The van der Waals surface area contributed by atoms with Gasteiger partial charge in [0.2, 0.25) is 0 Å². The van der Waals surface area contributed by atoms with Crippen molar-refractivity contribution >= 4 is 11.8 Å². The Bertz CT molecular complexity index is 392. The molecule has 0 aliphatic heterocycles. The van der Waals surface area contributed by atoms with E-state index in [2.05, 4.69) is 5.32 Å². The van der Waals surface area contributed by atoms with Crippen LogP contribution in [0.25, 0.3) is 0 Å². The first-order valence-corrected chi connectivity index (χ1v) is 4.26. The Morgan fingerprint density at radius 3 is 2.47 bits per heavy atom. The molecule has 1 aromatic carbocycles. The molecule has 0 aliphatic carbocycles. The molecule has 1 unspecified atom stereocenters. The van der Waals surface area contributed by atoms with Gasteiger partial charge in [0.05, 0.1) is 5.56 Å². The van der Waals surface area contributed by atoms with Gasteiger partial charge in [-0.25, -0.2) is 4.39 Å². The van der Waals surface area contributed by atoms with Crippen molar-refractivity contribution in [3.63, 3.8) is 0 Å². The van der Waals surface area contributed by atoms with Gasteiger partial charge in [-0.15, -0.1) is 0 Å². The number of carbonyl (C=O) groups is 2. The van der Waals surface area contributed by atoms with Gasteiger partial charge in [-0.05, 0) is 19.2 Å². The maximum Gasteiger partial charge on any atom is 0.328 e. The van der Waals surface area contributed by atoms with Crippen molar-refractivity contribution in [1.29, 1.82) is 0 Å². The van der Waals surface area contributed by atoms with Gasteiger partial charge < -0.3 is 10.4 Å². The molecule has 0 saturated carbocycles. The molecule has 0 heterocycles. The summed E-state index contributed by atoms with van der Waals surface area (Å²) in [7, 11) is 1.33. The highest BCUT2D eigenvalue weighted by atomic mass is 19.1. The molecule has 80 valence electrons. The molecule has 0 spiro atoms. The number of benzene rings is 1. The van der Waals surface area contributed by atoms with Crippen LogP contribution in [0.2, 0.25) is 0 Å². The minimum atomic E-state index is -1.41. The van der Waals surface area contributed by atoms with E-state index >= 15 is 0 Å². The zero-order valence-corrected chi connectivity index (χ0v) is 8.03. The SMILES string of the molecule is CNC(C(=O)O)C(=O)c1ccccc1F. The molecule has 4 nitrogen and oxygen atoms in total. The fourth-order valence-electron chi connectivity index (χ4n) is 1.18. The van der Waals surface area contributed by atoms with Gasteiger partial charge in [-0.1, -0.05) is 12.1 Å². The molecule has 0 aliphatic rings. The monoisotopic (exact) mass is 211 g/mol. The standard InChI is InChI=1S/C10H10FNO3/c1-12-8(10(14)15)9(13)6-4-2-3-5-7(6)11/h2-5,8,12H,1H3,(H,14,15). The highest BCUT2D eigenvalue weighted by Crippen LogP contribution is 2.09.